The third-order valence-electron chi connectivity index (χ3n) is 0.969. The SMILES string of the molecule is CC(O)CC(=S)N(C)C. The number of hydrogen-bond donors (Lipinski definition) is 1. The lowest BCUT2D eigenvalue weighted by atomic mass is 10.3. The Morgan fingerprint density at radius 2 is 2.11 bits per heavy atom. The Morgan fingerprint density at radius 1 is 1.67 bits per heavy atom. The van der Waals surface area contributed by atoms with Crippen molar-refractivity contribution >= 4 is 17.2 Å². The third-order valence-corrected chi connectivity index (χ3v) is 1.50. The van der Waals surface area contributed by atoms with Crippen LogP contribution in [0.4, 0.5) is 0 Å². The summed E-state index contributed by atoms with van der Waals surface area (Å²) in [7, 11) is 3.76. The molecule has 9 heavy (non-hydrogen) atoms. The molecule has 0 aromatic heterocycles. The van der Waals surface area contributed by atoms with Gasteiger partial charge in [-0.3, -0.25) is 0 Å². The number of hydrogen-bond acceptors (Lipinski definition) is 2. The van der Waals surface area contributed by atoms with Gasteiger partial charge in [-0.2, -0.15) is 0 Å². The maximum absolute atomic E-state index is 8.86. The molecule has 0 aromatic rings. The largest absolute Gasteiger partial charge is 0.393 e. The van der Waals surface area contributed by atoms with Crippen LogP contribution in [-0.2, 0) is 0 Å². The molecule has 0 rings (SSSR count). The highest BCUT2D eigenvalue weighted by molar-refractivity contribution is 7.80. The molecule has 0 aliphatic heterocycles. The van der Waals surface area contributed by atoms with E-state index in [0.29, 0.717) is 6.42 Å². The number of aliphatic hydroxyl groups is 1. The maximum atomic E-state index is 8.86. The van der Waals surface area contributed by atoms with Crippen LogP contribution in [0.15, 0.2) is 0 Å². The van der Waals surface area contributed by atoms with Gasteiger partial charge >= 0.3 is 0 Å². The van der Waals surface area contributed by atoms with Gasteiger partial charge in [0, 0.05) is 20.5 Å². The van der Waals surface area contributed by atoms with Crippen molar-refractivity contribution < 1.29 is 5.11 Å². The summed E-state index contributed by atoms with van der Waals surface area (Å²) in [5.41, 5.74) is 0. The van der Waals surface area contributed by atoms with Gasteiger partial charge in [-0.15, -0.1) is 0 Å². The van der Waals surface area contributed by atoms with E-state index in [2.05, 4.69) is 0 Å². The summed E-state index contributed by atoms with van der Waals surface area (Å²) in [5, 5.41) is 8.86. The van der Waals surface area contributed by atoms with Crippen LogP contribution in [0.2, 0.25) is 0 Å². The van der Waals surface area contributed by atoms with E-state index in [4.69, 9.17) is 17.3 Å². The van der Waals surface area contributed by atoms with E-state index >= 15 is 0 Å². The minimum absolute atomic E-state index is 0.320. The van der Waals surface area contributed by atoms with Crippen LogP contribution in [-0.4, -0.2) is 35.2 Å². The number of nitrogens with zero attached hydrogens (tertiary/aromatic N) is 1. The van der Waals surface area contributed by atoms with Crippen LogP contribution in [0.25, 0.3) is 0 Å². The first-order valence-electron chi connectivity index (χ1n) is 2.92. The summed E-state index contributed by atoms with van der Waals surface area (Å²) < 4.78 is 0. The summed E-state index contributed by atoms with van der Waals surface area (Å²) in [6.45, 7) is 1.73. The highest BCUT2D eigenvalue weighted by Gasteiger charge is 2.01. The Hall–Kier alpha value is -0.150. The molecule has 2 nitrogen and oxygen atoms in total. The van der Waals surface area contributed by atoms with Crippen molar-refractivity contribution in [2.24, 2.45) is 0 Å². The van der Waals surface area contributed by atoms with Gasteiger partial charge in [0.25, 0.3) is 0 Å². The zero-order valence-corrected chi connectivity index (χ0v) is 6.90. The maximum Gasteiger partial charge on any atom is 0.0799 e. The van der Waals surface area contributed by atoms with Crippen molar-refractivity contribution in [2.75, 3.05) is 14.1 Å². The monoisotopic (exact) mass is 147 g/mol. The molecule has 1 N–H and O–H groups in total. The Labute approximate surface area is 61.5 Å². The first kappa shape index (κ1) is 8.85. The van der Waals surface area contributed by atoms with Crippen LogP contribution >= 0.6 is 12.2 Å². The topological polar surface area (TPSA) is 23.5 Å². The summed E-state index contributed by atoms with van der Waals surface area (Å²) in [6, 6.07) is 0. The molecule has 0 aliphatic carbocycles. The van der Waals surface area contributed by atoms with Crippen LogP contribution in [0.3, 0.4) is 0 Å². The normalized spacial score (nSPS) is 12.9. The lowest BCUT2D eigenvalue weighted by Crippen LogP contribution is -2.23. The molecule has 0 fully saturated rings. The molecular formula is C6H13NOS. The molecule has 0 aromatic carbocycles. The third kappa shape index (κ3) is 4.36. The first-order chi connectivity index (χ1) is 4.04. The Bertz CT molecular complexity index is 101. The van der Waals surface area contributed by atoms with Crippen LogP contribution in [0.1, 0.15) is 13.3 Å². The van der Waals surface area contributed by atoms with Crippen molar-refractivity contribution in [3.8, 4) is 0 Å². The molecule has 0 amide bonds. The van der Waals surface area contributed by atoms with E-state index in [-0.39, 0.29) is 6.10 Å². The number of aliphatic hydroxyl groups excluding tert-OH is 1. The highest BCUT2D eigenvalue weighted by Crippen LogP contribution is 1.95. The Morgan fingerprint density at radius 3 is 2.22 bits per heavy atom. The summed E-state index contributed by atoms with van der Waals surface area (Å²) in [4.78, 5) is 2.63. The molecule has 3 heteroatoms. The second-order valence-corrected chi connectivity index (χ2v) is 2.81. The van der Waals surface area contributed by atoms with Crippen LogP contribution in [0, 0.1) is 0 Å². The fraction of sp³-hybridized carbons (Fsp3) is 0.833. The van der Waals surface area contributed by atoms with Crippen LogP contribution < -0.4 is 0 Å². The highest BCUT2D eigenvalue weighted by atomic mass is 32.1. The van der Waals surface area contributed by atoms with Gasteiger partial charge in [-0.05, 0) is 6.92 Å². The lowest BCUT2D eigenvalue weighted by molar-refractivity contribution is 0.201. The summed E-state index contributed by atoms with van der Waals surface area (Å²) in [5.74, 6) is 0. The molecule has 1 atom stereocenters. The van der Waals surface area contributed by atoms with E-state index in [9.17, 15) is 0 Å². The second-order valence-electron chi connectivity index (χ2n) is 2.34. The van der Waals surface area contributed by atoms with Crippen molar-refractivity contribution in [1.82, 2.24) is 4.90 Å². The Balaban J connectivity index is 3.51. The Kier molecular flexibility index (Phi) is 3.73. The molecule has 0 heterocycles. The minimum Gasteiger partial charge on any atom is -0.393 e. The molecule has 0 spiro atoms. The molecule has 0 saturated carbocycles. The van der Waals surface area contributed by atoms with E-state index in [0.717, 1.165) is 4.99 Å². The van der Waals surface area contributed by atoms with E-state index < -0.39 is 0 Å². The van der Waals surface area contributed by atoms with E-state index in [1.165, 1.54) is 0 Å². The van der Waals surface area contributed by atoms with Crippen molar-refractivity contribution in [3.63, 3.8) is 0 Å². The minimum atomic E-state index is -0.320. The average molecular weight is 147 g/mol. The smallest absolute Gasteiger partial charge is 0.0799 e. The fourth-order valence-electron chi connectivity index (χ4n) is 0.435. The van der Waals surface area contributed by atoms with Gasteiger partial charge in [0.15, 0.2) is 0 Å². The number of rotatable bonds is 2. The van der Waals surface area contributed by atoms with Gasteiger partial charge in [0.05, 0.1) is 11.1 Å². The zero-order chi connectivity index (χ0) is 7.44. The first-order valence-corrected chi connectivity index (χ1v) is 3.33. The van der Waals surface area contributed by atoms with Crippen LogP contribution in [0.5, 0.6) is 0 Å². The molecule has 0 bridgehead atoms. The molecule has 1 unspecified atom stereocenters. The predicted octanol–water partition coefficient (Wildman–Crippen LogP) is 0.646. The fourth-order valence-corrected chi connectivity index (χ4v) is 0.676. The molecule has 54 valence electrons. The van der Waals surface area contributed by atoms with E-state index in [1.54, 1.807) is 6.92 Å². The summed E-state index contributed by atoms with van der Waals surface area (Å²) >= 11 is 4.92. The standard InChI is InChI=1S/C6H13NOS/c1-5(8)4-6(9)7(2)3/h5,8H,4H2,1-3H3. The zero-order valence-electron chi connectivity index (χ0n) is 6.09. The van der Waals surface area contributed by atoms with Gasteiger partial charge in [-0.25, -0.2) is 0 Å². The predicted molar refractivity (Wildman–Crippen MR) is 42.6 cm³/mol. The van der Waals surface area contributed by atoms with Gasteiger partial charge in [-0.1, -0.05) is 12.2 Å². The molecule has 0 saturated heterocycles. The van der Waals surface area contributed by atoms with Crippen molar-refractivity contribution in [3.05, 3.63) is 0 Å². The molecule has 0 aliphatic rings. The van der Waals surface area contributed by atoms with Crippen molar-refractivity contribution in [1.29, 1.82) is 0 Å². The van der Waals surface area contributed by atoms with Gasteiger partial charge < -0.3 is 10.0 Å². The van der Waals surface area contributed by atoms with Gasteiger partial charge in [0.2, 0.25) is 0 Å². The quantitative estimate of drug-likeness (QED) is 0.580. The second kappa shape index (κ2) is 3.80. The molecular weight excluding hydrogens is 134 g/mol. The lowest BCUT2D eigenvalue weighted by Gasteiger charge is -2.14. The van der Waals surface area contributed by atoms with Crippen molar-refractivity contribution in [2.45, 2.75) is 19.4 Å². The number of thiocarbonyl (C=S) groups is 1. The van der Waals surface area contributed by atoms with Gasteiger partial charge in [0.1, 0.15) is 0 Å². The summed E-state index contributed by atoms with van der Waals surface area (Å²) in [6.07, 6.45) is 0.266. The van der Waals surface area contributed by atoms with E-state index in [1.807, 2.05) is 19.0 Å². The molecule has 0 radical (unpaired) electrons. The average Bonchev–Trinajstić information content (AvgIpc) is 1.63.